The van der Waals surface area contributed by atoms with E-state index in [4.69, 9.17) is 4.74 Å². The fraction of sp³-hybridized carbons (Fsp3) is 1.00. The van der Waals surface area contributed by atoms with Gasteiger partial charge in [-0.2, -0.15) is 0 Å². The van der Waals surface area contributed by atoms with Gasteiger partial charge in [0.25, 0.3) is 0 Å². The van der Waals surface area contributed by atoms with Gasteiger partial charge in [0.2, 0.25) is 0 Å². The summed E-state index contributed by atoms with van der Waals surface area (Å²) in [6.45, 7) is 14.0. The van der Waals surface area contributed by atoms with Crippen molar-refractivity contribution in [2.75, 3.05) is 39.3 Å². The van der Waals surface area contributed by atoms with Gasteiger partial charge in [0, 0.05) is 12.6 Å². The molecule has 0 amide bonds. The van der Waals surface area contributed by atoms with E-state index in [1.807, 2.05) is 0 Å². The van der Waals surface area contributed by atoms with Crippen molar-refractivity contribution in [1.29, 1.82) is 0 Å². The van der Waals surface area contributed by atoms with E-state index in [1.165, 1.54) is 64.8 Å². The molecule has 3 nitrogen and oxygen atoms in total. The number of rotatable bonds is 6. The molecule has 2 heterocycles. The third-order valence-corrected chi connectivity index (χ3v) is 5.15. The van der Waals surface area contributed by atoms with Crippen molar-refractivity contribution in [3.8, 4) is 0 Å². The first kappa shape index (κ1) is 16.3. The second-order valence-electron chi connectivity index (χ2n) is 6.85. The van der Waals surface area contributed by atoms with Gasteiger partial charge in [-0.3, -0.25) is 0 Å². The molecule has 0 atom stereocenters. The Hall–Kier alpha value is -0.120. The highest BCUT2D eigenvalue weighted by atomic mass is 16.5. The van der Waals surface area contributed by atoms with Crippen molar-refractivity contribution >= 4 is 0 Å². The average Bonchev–Trinajstić information content (AvgIpc) is 2.48. The van der Waals surface area contributed by atoms with Crippen LogP contribution < -0.4 is 0 Å². The van der Waals surface area contributed by atoms with Crippen LogP contribution >= 0.6 is 0 Å². The molecule has 20 heavy (non-hydrogen) atoms. The Morgan fingerprint density at radius 2 is 1.65 bits per heavy atom. The first-order valence-corrected chi connectivity index (χ1v) is 8.77. The number of hydrogen-bond donors (Lipinski definition) is 0. The van der Waals surface area contributed by atoms with Gasteiger partial charge in [0.15, 0.2) is 0 Å². The molecule has 0 aromatic carbocycles. The minimum atomic E-state index is 0.388. The SMILES string of the molecule is CCN1CCC(N2CCC(CCOC(C)C)CC2)CC1. The van der Waals surface area contributed by atoms with Gasteiger partial charge in [0.05, 0.1) is 6.10 Å². The molecule has 0 saturated carbocycles. The van der Waals surface area contributed by atoms with Crippen molar-refractivity contribution in [1.82, 2.24) is 9.80 Å². The summed E-state index contributed by atoms with van der Waals surface area (Å²) in [5.74, 6) is 0.903. The first-order chi connectivity index (χ1) is 9.69. The summed E-state index contributed by atoms with van der Waals surface area (Å²) in [6, 6.07) is 0.866. The molecule has 0 unspecified atom stereocenters. The van der Waals surface area contributed by atoms with E-state index >= 15 is 0 Å². The molecule has 0 radical (unpaired) electrons. The second kappa shape index (κ2) is 8.35. The van der Waals surface area contributed by atoms with Gasteiger partial charge >= 0.3 is 0 Å². The highest BCUT2D eigenvalue weighted by Gasteiger charge is 2.27. The minimum Gasteiger partial charge on any atom is -0.379 e. The number of ether oxygens (including phenoxy) is 1. The van der Waals surface area contributed by atoms with Crippen LogP contribution in [0.25, 0.3) is 0 Å². The van der Waals surface area contributed by atoms with Crippen LogP contribution in [0.4, 0.5) is 0 Å². The predicted molar refractivity (Wildman–Crippen MR) is 85.1 cm³/mol. The van der Waals surface area contributed by atoms with Crippen molar-refractivity contribution in [2.45, 2.75) is 65.0 Å². The molecule has 0 aliphatic carbocycles. The first-order valence-electron chi connectivity index (χ1n) is 8.77. The summed E-state index contributed by atoms with van der Waals surface area (Å²) in [5.41, 5.74) is 0. The van der Waals surface area contributed by atoms with Crippen molar-refractivity contribution in [3.63, 3.8) is 0 Å². The standard InChI is InChI=1S/C17H34N2O/c1-4-18-10-7-17(8-11-18)19-12-5-16(6-13-19)9-14-20-15(2)3/h15-17H,4-14H2,1-3H3. The predicted octanol–water partition coefficient (Wildman–Crippen LogP) is 3.00. The summed E-state index contributed by atoms with van der Waals surface area (Å²) < 4.78 is 5.69. The lowest BCUT2D eigenvalue weighted by atomic mass is 9.91. The Kier molecular flexibility index (Phi) is 6.79. The maximum Gasteiger partial charge on any atom is 0.0518 e. The molecule has 0 aromatic heterocycles. The molecule has 2 fully saturated rings. The van der Waals surface area contributed by atoms with Crippen molar-refractivity contribution < 1.29 is 4.74 Å². The fourth-order valence-corrected chi connectivity index (χ4v) is 3.68. The van der Waals surface area contributed by atoms with E-state index < -0.39 is 0 Å². The molecule has 0 aromatic rings. The van der Waals surface area contributed by atoms with E-state index in [9.17, 15) is 0 Å². The number of likely N-dealkylation sites (tertiary alicyclic amines) is 2. The van der Waals surface area contributed by atoms with Crippen LogP contribution in [-0.2, 0) is 4.74 Å². The van der Waals surface area contributed by atoms with Gasteiger partial charge in [-0.05, 0) is 84.6 Å². The molecule has 0 bridgehead atoms. The lowest BCUT2D eigenvalue weighted by molar-refractivity contribution is 0.0465. The monoisotopic (exact) mass is 282 g/mol. The topological polar surface area (TPSA) is 15.7 Å². The van der Waals surface area contributed by atoms with Gasteiger partial charge in [-0.25, -0.2) is 0 Å². The van der Waals surface area contributed by atoms with Gasteiger partial charge in [-0.1, -0.05) is 6.92 Å². The van der Waals surface area contributed by atoms with Crippen LogP contribution in [0, 0.1) is 5.92 Å². The zero-order valence-electron chi connectivity index (χ0n) is 13.8. The van der Waals surface area contributed by atoms with E-state index in [2.05, 4.69) is 30.6 Å². The number of hydrogen-bond acceptors (Lipinski definition) is 3. The minimum absolute atomic E-state index is 0.388. The molecule has 2 aliphatic rings. The van der Waals surface area contributed by atoms with Gasteiger partial charge < -0.3 is 14.5 Å². The lowest BCUT2D eigenvalue weighted by Crippen LogP contribution is -2.47. The molecule has 0 N–H and O–H groups in total. The van der Waals surface area contributed by atoms with Crippen LogP contribution in [0.2, 0.25) is 0 Å². The van der Waals surface area contributed by atoms with Crippen LogP contribution in [0.3, 0.4) is 0 Å². The molecule has 0 spiro atoms. The van der Waals surface area contributed by atoms with Crippen molar-refractivity contribution in [2.24, 2.45) is 5.92 Å². The normalized spacial score (nSPS) is 24.6. The highest BCUT2D eigenvalue weighted by molar-refractivity contribution is 4.83. The second-order valence-corrected chi connectivity index (χ2v) is 6.85. The van der Waals surface area contributed by atoms with Crippen LogP contribution in [0.5, 0.6) is 0 Å². The zero-order valence-corrected chi connectivity index (χ0v) is 13.8. The van der Waals surface area contributed by atoms with E-state index in [0.717, 1.165) is 18.6 Å². The largest absolute Gasteiger partial charge is 0.379 e. The summed E-state index contributed by atoms with van der Waals surface area (Å²) in [6.07, 6.45) is 7.19. The summed E-state index contributed by atoms with van der Waals surface area (Å²) in [7, 11) is 0. The quantitative estimate of drug-likeness (QED) is 0.745. The lowest BCUT2D eigenvalue weighted by Gasteiger charge is -2.41. The zero-order chi connectivity index (χ0) is 14.4. The average molecular weight is 282 g/mol. The van der Waals surface area contributed by atoms with E-state index in [1.54, 1.807) is 0 Å². The Balaban J connectivity index is 1.62. The van der Waals surface area contributed by atoms with Crippen LogP contribution in [0.1, 0.15) is 52.9 Å². The molecular weight excluding hydrogens is 248 g/mol. The molecule has 2 aliphatic heterocycles. The third-order valence-electron chi connectivity index (χ3n) is 5.15. The smallest absolute Gasteiger partial charge is 0.0518 e. The maximum absolute atomic E-state index is 5.69. The number of nitrogens with zero attached hydrogens (tertiary/aromatic N) is 2. The van der Waals surface area contributed by atoms with E-state index in [0.29, 0.717) is 6.10 Å². The fourth-order valence-electron chi connectivity index (χ4n) is 3.68. The number of piperidine rings is 2. The summed E-state index contributed by atoms with van der Waals surface area (Å²) in [4.78, 5) is 5.36. The Labute approximate surface area is 125 Å². The molecule has 2 rings (SSSR count). The molecule has 3 heteroatoms. The Morgan fingerprint density at radius 1 is 1.00 bits per heavy atom. The third kappa shape index (κ3) is 5.01. The maximum atomic E-state index is 5.69. The van der Waals surface area contributed by atoms with E-state index in [-0.39, 0.29) is 0 Å². The highest BCUT2D eigenvalue weighted by Crippen LogP contribution is 2.25. The molecular formula is C17H34N2O. The molecule has 118 valence electrons. The van der Waals surface area contributed by atoms with Gasteiger partial charge in [0.1, 0.15) is 0 Å². The van der Waals surface area contributed by atoms with Crippen LogP contribution in [-0.4, -0.2) is 61.3 Å². The molecule has 2 saturated heterocycles. The summed E-state index contributed by atoms with van der Waals surface area (Å²) >= 11 is 0. The van der Waals surface area contributed by atoms with Gasteiger partial charge in [-0.15, -0.1) is 0 Å². The van der Waals surface area contributed by atoms with Crippen molar-refractivity contribution in [3.05, 3.63) is 0 Å². The summed E-state index contributed by atoms with van der Waals surface area (Å²) in [5, 5.41) is 0. The Morgan fingerprint density at radius 3 is 2.20 bits per heavy atom. The Bertz CT molecular complexity index is 254. The van der Waals surface area contributed by atoms with Crippen LogP contribution in [0.15, 0.2) is 0 Å².